The number of nitrogens with one attached hydrogen (secondary N) is 1. The zero-order valence-corrected chi connectivity index (χ0v) is 27.6. The van der Waals surface area contributed by atoms with E-state index in [0.29, 0.717) is 42.9 Å². The number of fused-ring (bicyclic) bond motifs is 4. The highest BCUT2D eigenvalue weighted by Crippen LogP contribution is 2.35. The summed E-state index contributed by atoms with van der Waals surface area (Å²) in [4.78, 5) is 29.4. The van der Waals surface area contributed by atoms with Crippen LogP contribution in [0.5, 0.6) is 11.8 Å². The molecule has 5 heterocycles. The molecular formula is C37H41FN6O4. The number of aromatic nitrogens is 2. The zero-order valence-electron chi connectivity index (χ0n) is 27.6. The SMILES string of the molecule is CN1CCCC1COc1nc(N2CC3CCC(C2)N3C(=O)NC2COC(C)(C)C2)c2c(n1)=C(F)C(c1cc(O)cc3ccccc13)=C=C=2. The van der Waals surface area contributed by atoms with E-state index in [1.165, 1.54) is 0 Å². The molecule has 0 radical (unpaired) electrons. The van der Waals surface area contributed by atoms with E-state index < -0.39 is 5.83 Å². The first-order valence-corrected chi connectivity index (χ1v) is 17.0. The van der Waals surface area contributed by atoms with Crippen LogP contribution in [0, 0.1) is 0 Å². The molecule has 0 spiro atoms. The van der Waals surface area contributed by atoms with Gasteiger partial charge in [-0.25, -0.2) is 9.18 Å². The van der Waals surface area contributed by atoms with Crippen LogP contribution in [-0.4, -0.2) is 101 Å². The third-order valence-electron chi connectivity index (χ3n) is 10.6. The van der Waals surface area contributed by atoms with Crippen LogP contribution in [-0.2, 0) is 4.74 Å². The Kier molecular flexibility index (Phi) is 7.68. The Labute approximate surface area is 278 Å². The number of carbonyl (C=O) groups is 1. The number of piperazine rings is 1. The lowest BCUT2D eigenvalue weighted by molar-refractivity contribution is 0.0356. The van der Waals surface area contributed by atoms with Gasteiger partial charge in [0.25, 0.3) is 0 Å². The smallest absolute Gasteiger partial charge is 0.319 e. The molecule has 4 atom stereocenters. The van der Waals surface area contributed by atoms with Gasteiger partial charge in [-0.1, -0.05) is 35.7 Å². The first-order chi connectivity index (χ1) is 23.1. The molecule has 5 aliphatic rings. The minimum Gasteiger partial charge on any atom is -0.508 e. The predicted octanol–water partition coefficient (Wildman–Crippen LogP) is 3.45. The molecule has 10 nitrogen and oxygen atoms in total. The van der Waals surface area contributed by atoms with Crippen molar-refractivity contribution in [3.63, 3.8) is 0 Å². The minimum atomic E-state index is -0.575. The van der Waals surface area contributed by atoms with Gasteiger partial charge in [-0.05, 0) is 82.4 Å². The van der Waals surface area contributed by atoms with Crippen LogP contribution in [0.25, 0.3) is 27.9 Å². The van der Waals surface area contributed by atoms with E-state index >= 15 is 4.39 Å². The Bertz CT molecular complexity index is 1990. The summed E-state index contributed by atoms with van der Waals surface area (Å²) < 4.78 is 28.8. The number of phenolic OH excluding ortho intramolecular Hbond substituents is 1. The van der Waals surface area contributed by atoms with Crippen molar-refractivity contribution in [2.24, 2.45) is 0 Å². The fourth-order valence-electron chi connectivity index (χ4n) is 8.13. The van der Waals surface area contributed by atoms with Crippen LogP contribution in [0.3, 0.4) is 0 Å². The number of phenols is 1. The van der Waals surface area contributed by atoms with Gasteiger partial charge in [0.2, 0.25) is 0 Å². The second-order valence-corrected chi connectivity index (χ2v) is 14.4. The second kappa shape index (κ2) is 11.9. The second-order valence-electron chi connectivity index (χ2n) is 14.4. The third-order valence-corrected chi connectivity index (χ3v) is 10.6. The number of hydrogen-bond acceptors (Lipinski definition) is 8. The number of anilines is 1. The van der Waals surface area contributed by atoms with Crippen molar-refractivity contribution in [3.8, 4) is 11.8 Å². The standard InChI is InChI=1S/C37H41FN6O4/c1-37(2)17-23(20-48-37)39-36(46)44-24-10-11-25(44)19-43(18-24)34-30-13-12-29(31-16-27(45)15-22-7-4-5-9-28(22)31)32(38)33(30)40-35(41-34)47-21-26-8-6-14-42(26)3/h4-5,7,9,15-16,23-26,45H,6,8,10-11,14,17-21H2,1-3H3,(H,39,46). The monoisotopic (exact) mass is 652 g/mol. The number of halogens is 1. The molecule has 2 bridgehead atoms. The van der Waals surface area contributed by atoms with E-state index in [2.05, 4.69) is 38.6 Å². The van der Waals surface area contributed by atoms with Gasteiger partial charge in [0.05, 0.1) is 41.1 Å². The lowest BCUT2D eigenvalue weighted by Crippen LogP contribution is -2.60. The van der Waals surface area contributed by atoms with Crippen molar-refractivity contribution in [1.29, 1.82) is 0 Å². The van der Waals surface area contributed by atoms with Crippen LogP contribution < -0.4 is 25.5 Å². The summed E-state index contributed by atoms with van der Waals surface area (Å²) in [6, 6.07) is 11.0. The number of carbonyl (C=O) groups excluding carboxylic acids is 1. The van der Waals surface area contributed by atoms with Crippen molar-refractivity contribution in [2.45, 2.75) is 75.7 Å². The molecule has 250 valence electrons. The number of benzene rings is 2. The summed E-state index contributed by atoms with van der Waals surface area (Å²) in [5.74, 6) is -0.0138. The lowest BCUT2D eigenvalue weighted by Gasteiger charge is -2.41. The molecule has 2 aromatic carbocycles. The number of nitrogens with zero attached hydrogens (tertiary/aromatic N) is 5. The number of rotatable bonds is 6. The molecule has 3 aromatic rings. The number of allylic oxidation sites excluding steroid dienone is 1. The molecule has 1 aromatic heterocycles. The maximum absolute atomic E-state index is 16.7. The van der Waals surface area contributed by atoms with Crippen LogP contribution in [0.4, 0.5) is 15.0 Å². The molecular weight excluding hydrogens is 611 g/mol. The average Bonchev–Trinajstić information content (AvgIpc) is 3.72. The Balaban J connectivity index is 1.16. The third kappa shape index (κ3) is 5.61. The average molecular weight is 653 g/mol. The maximum Gasteiger partial charge on any atom is 0.319 e. The lowest BCUT2D eigenvalue weighted by atomic mass is 9.96. The molecule has 4 unspecified atom stereocenters. The summed E-state index contributed by atoms with van der Waals surface area (Å²) in [5, 5.41) is 15.8. The summed E-state index contributed by atoms with van der Waals surface area (Å²) in [5.41, 5.74) is 6.68. The van der Waals surface area contributed by atoms with Gasteiger partial charge >= 0.3 is 12.0 Å². The maximum atomic E-state index is 16.7. The highest BCUT2D eigenvalue weighted by Gasteiger charge is 2.45. The number of amides is 2. The molecule has 11 heteroatoms. The van der Waals surface area contributed by atoms with Gasteiger partial charge in [0.1, 0.15) is 17.7 Å². The Hall–Kier alpha value is -4.40. The number of aromatic hydroxyl groups is 1. The van der Waals surface area contributed by atoms with Crippen LogP contribution in [0.2, 0.25) is 0 Å². The van der Waals surface area contributed by atoms with Gasteiger partial charge in [0, 0.05) is 24.7 Å². The van der Waals surface area contributed by atoms with Crippen molar-refractivity contribution < 1.29 is 23.8 Å². The number of hydrogen-bond donors (Lipinski definition) is 2. The van der Waals surface area contributed by atoms with Gasteiger partial charge in [-0.15, -0.1) is 0 Å². The van der Waals surface area contributed by atoms with Gasteiger partial charge < -0.3 is 34.6 Å². The molecule has 4 aliphatic heterocycles. The van der Waals surface area contributed by atoms with Gasteiger partial charge in [0.15, 0.2) is 11.6 Å². The summed E-state index contributed by atoms with van der Waals surface area (Å²) in [6.45, 7) is 7.09. The van der Waals surface area contributed by atoms with E-state index in [4.69, 9.17) is 14.5 Å². The molecule has 0 saturated carbocycles. The summed E-state index contributed by atoms with van der Waals surface area (Å²) >= 11 is 0. The molecule has 8 rings (SSSR count). The normalized spacial score (nSPS) is 26.1. The van der Waals surface area contributed by atoms with Crippen molar-refractivity contribution in [1.82, 2.24) is 25.1 Å². The topological polar surface area (TPSA) is 103 Å². The molecule has 4 saturated heterocycles. The van der Waals surface area contributed by atoms with Crippen molar-refractivity contribution >= 4 is 39.8 Å². The van der Waals surface area contributed by atoms with E-state index in [9.17, 15) is 9.90 Å². The number of likely N-dealkylation sites (tertiary alicyclic amines) is 1. The van der Waals surface area contributed by atoms with Gasteiger partial charge in [-0.2, -0.15) is 9.97 Å². The first kappa shape index (κ1) is 30.9. The fourth-order valence-corrected chi connectivity index (χ4v) is 8.13. The first-order valence-electron chi connectivity index (χ1n) is 17.0. The van der Waals surface area contributed by atoms with E-state index in [1.807, 2.05) is 43.0 Å². The molecule has 2 N–H and O–H groups in total. The van der Waals surface area contributed by atoms with E-state index in [1.54, 1.807) is 12.1 Å². The highest BCUT2D eigenvalue weighted by atomic mass is 19.1. The minimum absolute atomic E-state index is 0.0136. The molecule has 4 fully saturated rings. The van der Waals surface area contributed by atoms with Gasteiger partial charge in [-0.3, -0.25) is 0 Å². The Morgan fingerprint density at radius 1 is 1.15 bits per heavy atom. The Morgan fingerprint density at radius 2 is 1.94 bits per heavy atom. The number of urea groups is 1. The van der Waals surface area contributed by atoms with Crippen LogP contribution >= 0.6 is 0 Å². The number of ether oxygens (including phenoxy) is 2. The summed E-state index contributed by atoms with van der Waals surface area (Å²) in [6.07, 6.45) is 4.64. The van der Waals surface area contributed by atoms with E-state index in [-0.39, 0.29) is 58.5 Å². The Morgan fingerprint density at radius 3 is 2.67 bits per heavy atom. The fraction of sp³-hybridized carbons (Fsp3) is 0.486. The number of likely N-dealkylation sites (N-methyl/N-ethyl adjacent to an activating group) is 1. The highest BCUT2D eigenvalue weighted by molar-refractivity contribution is 6.05. The quantitative estimate of drug-likeness (QED) is 0.391. The van der Waals surface area contributed by atoms with Crippen LogP contribution in [0.1, 0.15) is 51.5 Å². The zero-order chi connectivity index (χ0) is 33.2. The molecule has 2 amide bonds. The van der Waals surface area contributed by atoms with Crippen molar-refractivity contribution in [2.75, 3.05) is 44.8 Å². The largest absolute Gasteiger partial charge is 0.508 e. The van der Waals surface area contributed by atoms with Crippen LogP contribution in [0.15, 0.2) is 42.1 Å². The molecule has 48 heavy (non-hydrogen) atoms. The van der Waals surface area contributed by atoms with Crippen molar-refractivity contribution in [3.05, 3.63) is 58.3 Å². The summed E-state index contributed by atoms with van der Waals surface area (Å²) in [7, 11) is 2.08. The van der Waals surface area contributed by atoms with E-state index in [0.717, 1.165) is 49.4 Å². The molecule has 1 aliphatic carbocycles. The predicted molar refractivity (Wildman–Crippen MR) is 181 cm³/mol.